The molecule has 1 saturated heterocycles. The van der Waals surface area contributed by atoms with E-state index in [0.29, 0.717) is 18.6 Å². The van der Waals surface area contributed by atoms with Crippen molar-refractivity contribution in [3.63, 3.8) is 0 Å². The number of aliphatic hydroxyl groups is 1. The second-order valence-electron chi connectivity index (χ2n) is 3.92. The third-order valence-corrected chi connectivity index (χ3v) is 2.45. The molecule has 1 rings (SSSR count). The molecule has 12 heavy (non-hydrogen) atoms. The van der Waals surface area contributed by atoms with Crippen LogP contribution < -0.4 is 5.32 Å². The molecular weight excluding hydrogens is 174 g/mol. The normalized spacial score (nSPS) is 29.0. The third-order valence-electron chi connectivity index (χ3n) is 2.45. The number of halogens is 1. The van der Waals surface area contributed by atoms with Crippen molar-refractivity contribution in [3.05, 3.63) is 0 Å². The van der Waals surface area contributed by atoms with E-state index in [1.807, 2.05) is 0 Å². The Hall–Kier alpha value is 0.210. The van der Waals surface area contributed by atoms with Gasteiger partial charge in [0.1, 0.15) is 0 Å². The van der Waals surface area contributed by atoms with Gasteiger partial charge in [0.2, 0.25) is 0 Å². The predicted molar refractivity (Wildman–Crippen MR) is 53.7 cm³/mol. The fourth-order valence-electron chi connectivity index (χ4n) is 1.82. The molecule has 0 amide bonds. The van der Waals surface area contributed by atoms with Crippen molar-refractivity contribution < 1.29 is 5.11 Å². The lowest BCUT2D eigenvalue weighted by molar-refractivity contribution is 0.204. The first kappa shape index (κ1) is 12.2. The number of nitrogens with one attached hydrogen (secondary N) is 1. The summed E-state index contributed by atoms with van der Waals surface area (Å²) in [6.07, 6.45) is 2.35. The zero-order valence-corrected chi connectivity index (χ0v) is 8.73. The fraction of sp³-hybridized carbons (Fsp3) is 1.00. The Labute approximate surface area is 81.2 Å². The maximum atomic E-state index is 9.01. The maximum Gasteiger partial charge on any atom is 0.0474 e. The first-order valence-corrected chi connectivity index (χ1v) is 4.58. The minimum Gasteiger partial charge on any atom is -0.396 e. The second kappa shape index (κ2) is 5.79. The summed E-state index contributed by atoms with van der Waals surface area (Å²) in [5.74, 6) is 1.25. The third kappa shape index (κ3) is 3.30. The number of hydrogen-bond acceptors (Lipinski definition) is 2. The molecular formula is C9H20ClNO. The summed E-state index contributed by atoms with van der Waals surface area (Å²) >= 11 is 0. The Morgan fingerprint density at radius 1 is 1.50 bits per heavy atom. The minimum atomic E-state index is 0. The van der Waals surface area contributed by atoms with E-state index in [1.165, 1.54) is 6.42 Å². The van der Waals surface area contributed by atoms with Crippen molar-refractivity contribution in [2.75, 3.05) is 13.2 Å². The van der Waals surface area contributed by atoms with Crippen LogP contribution in [-0.4, -0.2) is 24.3 Å². The van der Waals surface area contributed by atoms with Crippen molar-refractivity contribution in [2.45, 2.75) is 32.7 Å². The molecule has 2 nitrogen and oxygen atoms in total. The highest BCUT2D eigenvalue weighted by molar-refractivity contribution is 5.85. The average Bonchev–Trinajstić information content (AvgIpc) is 2.34. The minimum absolute atomic E-state index is 0. The van der Waals surface area contributed by atoms with Gasteiger partial charge in [0.05, 0.1) is 0 Å². The van der Waals surface area contributed by atoms with E-state index in [4.69, 9.17) is 5.11 Å². The van der Waals surface area contributed by atoms with Gasteiger partial charge in [-0.2, -0.15) is 0 Å². The van der Waals surface area contributed by atoms with Crippen molar-refractivity contribution >= 4 is 12.4 Å². The summed E-state index contributed by atoms with van der Waals surface area (Å²) in [7, 11) is 0. The molecule has 1 aliphatic rings. The van der Waals surface area contributed by atoms with Gasteiger partial charge < -0.3 is 10.4 Å². The summed E-state index contributed by atoms with van der Waals surface area (Å²) in [4.78, 5) is 0. The summed E-state index contributed by atoms with van der Waals surface area (Å²) in [5, 5.41) is 12.4. The SMILES string of the molecule is CC(C)C[C@@H]1NCC[C@@H]1CO.Cl. The molecule has 0 aliphatic carbocycles. The Balaban J connectivity index is 0.00000121. The van der Waals surface area contributed by atoms with Crippen LogP contribution in [0.25, 0.3) is 0 Å². The van der Waals surface area contributed by atoms with E-state index in [-0.39, 0.29) is 12.4 Å². The summed E-state index contributed by atoms with van der Waals surface area (Å²) < 4.78 is 0. The molecule has 0 unspecified atom stereocenters. The quantitative estimate of drug-likeness (QED) is 0.711. The van der Waals surface area contributed by atoms with Gasteiger partial charge in [0, 0.05) is 12.6 Å². The van der Waals surface area contributed by atoms with Gasteiger partial charge >= 0.3 is 0 Å². The lowest BCUT2D eigenvalue weighted by Crippen LogP contribution is -2.30. The molecule has 0 radical (unpaired) electrons. The molecule has 0 aromatic rings. The second-order valence-corrected chi connectivity index (χ2v) is 3.92. The van der Waals surface area contributed by atoms with Crippen LogP contribution in [0, 0.1) is 11.8 Å². The average molecular weight is 194 g/mol. The van der Waals surface area contributed by atoms with Gasteiger partial charge in [0.25, 0.3) is 0 Å². The molecule has 0 saturated carbocycles. The lowest BCUT2D eigenvalue weighted by Gasteiger charge is -2.19. The fourth-order valence-corrected chi connectivity index (χ4v) is 1.82. The first-order chi connectivity index (χ1) is 5.24. The molecule has 2 atom stereocenters. The van der Waals surface area contributed by atoms with Gasteiger partial charge in [-0.15, -0.1) is 12.4 Å². The lowest BCUT2D eigenvalue weighted by atomic mass is 9.94. The van der Waals surface area contributed by atoms with E-state index in [9.17, 15) is 0 Å². The monoisotopic (exact) mass is 193 g/mol. The summed E-state index contributed by atoms with van der Waals surface area (Å²) in [6.45, 7) is 5.90. The van der Waals surface area contributed by atoms with Gasteiger partial charge in [0.15, 0.2) is 0 Å². The first-order valence-electron chi connectivity index (χ1n) is 4.58. The molecule has 0 bridgehead atoms. The Bertz CT molecular complexity index is 119. The molecule has 1 heterocycles. The highest BCUT2D eigenvalue weighted by Crippen LogP contribution is 2.20. The van der Waals surface area contributed by atoms with Gasteiger partial charge in [-0.05, 0) is 31.2 Å². The van der Waals surface area contributed by atoms with Gasteiger partial charge in [-0.25, -0.2) is 0 Å². The van der Waals surface area contributed by atoms with E-state index >= 15 is 0 Å². The van der Waals surface area contributed by atoms with Crippen LogP contribution in [0.2, 0.25) is 0 Å². The van der Waals surface area contributed by atoms with Crippen LogP contribution in [-0.2, 0) is 0 Å². The highest BCUT2D eigenvalue weighted by atomic mass is 35.5. The molecule has 0 aromatic heterocycles. The van der Waals surface area contributed by atoms with Crippen LogP contribution in [0.4, 0.5) is 0 Å². The topological polar surface area (TPSA) is 32.3 Å². The number of rotatable bonds is 3. The van der Waals surface area contributed by atoms with E-state index in [0.717, 1.165) is 18.9 Å². The van der Waals surface area contributed by atoms with Crippen LogP contribution in [0.15, 0.2) is 0 Å². The molecule has 0 aromatic carbocycles. The van der Waals surface area contributed by atoms with Crippen LogP contribution in [0.5, 0.6) is 0 Å². The molecule has 2 N–H and O–H groups in total. The molecule has 3 heteroatoms. The van der Waals surface area contributed by atoms with Crippen LogP contribution in [0.3, 0.4) is 0 Å². The van der Waals surface area contributed by atoms with E-state index in [2.05, 4.69) is 19.2 Å². The number of aliphatic hydroxyl groups excluding tert-OH is 1. The van der Waals surface area contributed by atoms with Crippen molar-refractivity contribution in [1.82, 2.24) is 5.32 Å². The van der Waals surface area contributed by atoms with Gasteiger partial charge in [-0.1, -0.05) is 13.8 Å². The smallest absolute Gasteiger partial charge is 0.0474 e. The zero-order chi connectivity index (χ0) is 8.27. The Kier molecular flexibility index (Phi) is 5.89. The van der Waals surface area contributed by atoms with Crippen LogP contribution >= 0.6 is 12.4 Å². The zero-order valence-electron chi connectivity index (χ0n) is 7.92. The van der Waals surface area contributed by atoms with Crippen molar-refractivity contribution in [1.29, 1.82) is 0 Å². The number of hydrogen-bond donors (Lipinski definition) is 2. The summed E-state index contributed by atoms with van der Waals surface area (Å²) in [6, 6.07) is 0.569. The Morgan fingerprint density at radius 2 is 2.17 bits per heavy atom. The standard InChI is InChI=1S/C9H19NO.ClH/c1-7(2)5-9-8(6-11)3-4-10-9;/h7-11H,3-6H2,1-2H3;1H/t8-,9+;/m1./s1. The van der Waals surface area contributed by atoms with Gasteiger partial charge in [-0.3, -0.25) is 0 Å². The van der Waals surface area contributed by atoms with E-state index < -0.39 is 0 Å². The van der Waals surface area contributed by atoms with E-state index in [1.54, 1.807) is 0 Å². The summed E-state index contributed by atoms with van der Waals surface area (Å²) in [5.41, 5.74) is 0. The molecule has 0 spiro atoms. The van der Waals surface area contributed by atoms with Crippen molar-refractivity contribution in [2.24, 2.45) is 11.8 Å². The molecule has 1 fully saturated rings. The largest absolute Gasteiger partial charge is 0.396 e. The Morgan fingerprint density at radius 3 is 2.67 bits per heavy atom. The molecule has 1 aliphatic heterocycles. The molecule has 74 valence electrons. The van der Waals surface area contributed by atoms with Crippen molar-refractivity contribution in [3.8, 4) is 0 Å². The highest BCUT2D eigenvalue weighted by Gasteiger charge is 2.25. The maximum absolute atomic E-state index is 9.01. The van der Waals surface area contributed by atoms with Crippen LogP contribution in [0.1, 0.15) is 26.7 Å². The predicted octanol–water partition coefficient (Wildman–Crippen LogP) is 1.42.